The summed E-state index contributed by atoms with van der Waals surface area (Å²) < 4.78 is 37.6. The van der Waals surface area contributed by atoms with Crippen LogP contribution < -0.4 is 13.8 Å². The van der Waals surface area contributed by atoms with E-state index < -0.39 is 22.5 Å². The smallest absolute Gasteiger partial charge is 0.324 e. The lowest BCUT2D eigenvalue weighted by Crippen LogP contribution is -2.35. The first-order valence-corrected chi connectivity index (χ1v) is 9.58. The van der Waals surface area contributed by atoms with Gasteiger partial charge >= 0.3 is 5.97 Å². The van der Waals surface area contributed by atoms with Crippen molar-refractivity contribution in [3.8, 4) is 11.5 Å². The second-order valence-electron chi connectivity index (χ2n) is 5.31. The predicted octanol–water partition coefficient (Wildman–Crippen LogP) is 3.04. The Hall–Kier alpha value is -2.16. The van der Waals surface area contributed by atoms with Crippen molar-refractivity contribution >= 4 is 44.9 Å². The Balaban J connectivity index is 2.07. The molecule has 0 aliphatic carbocycles. The van der Waals surface area contributed by atoms with Crippen molar-refractivity contribution in [3.05, 3.63) is 46.4 Å². The molecule has 1 N–H and O–H groups in total. The van der Waals surface area contributed by atoms with Gasteiger partial charge in [-0.1, -0.05) is 23.2 Å². The number of ether oxygens (including phenoxy) is 2. The number of carboxylic acid groups (broad SMARTS) is 1. The van der Waals surface area contributed by atoms with Crippen molar-refractivity contribution in [1.29, 1.82) is 0 Å². The topological polar surface area (TPSA) is 93.1 Å². The fourth-order valence-corrected chi connectivity index (χ4v) is 4.10. The van der Waals surface area contributed by atoms with Crippen LogP contribution in [0.5, 0.6) is 11.5 Å². The molecule has 0 radical (unpaired) electrons. The zero-order chi connectivity index (χ0) is 18.9. The van der Waals surface area contributed by atoms with E-state index in [-0.39, 0.29) is 26.4 Å². The molecule has 0 spiro atoms. The molecule has 0 fully saturated rings. The third-order valence-electron chi connectivity index (χ3n) is 3.57. The molecule has 0 saturated heterocycles. The largest absolute Gasteiger partial charge is 0.486 e. The zero-order valence-corrected chi connectivity index (χ0v) is 15.5. The summed E-state index contributed by atoms with van der Waals surface area (Å²) in [5.74, 6) is -0.617. The summed E-state index contributed by atoms with van der Waals surface area (Å²) in [6.07, 6.45) is 0. The summed E-state index contributed by atoms with van der Waals surface area (Å²) >= 11 is 11.8. The predicted molar refractivity (Wildman–Crippen MR) is 96.1 cm³/mol. The quantitative estimate of drug-likeness (QED) is 0.803. The minimum Gasteiger partial charge on any atom is -0.486 e. The van der Waals surface area contributed by atoms with E-state index in [1.165, 1.54) is 36.4 Å². The third-order valence-corrected chi connectivity index (χ3v) is 6.08. The molecule has 26 heavy (non-hydrogen) atoms. The Labute approximate surface area is 159 Å². The number of rotatable bonds is 5. The first-order valence-electron chi connectivity index (χ1n) is 7.38. The van der Waals surface area contributed by atoms with Gasteiger partial charge in [0, 0.05) is 6.07 Å². The van der Waals surface area contributed by atoms with Crippen molar-refractivity contribution in [2.24, 2.45) is 0 Å². The average Bonchev–Trinajstić information content (AvgIpc) is 2.61. The Morgan fingerprint density at radius 3 is 2.38 bits per heavy atom. The molecule has 0 atom stereocenters. The molecule has 10 heteroatoms. The second-order valence-corrected chi connectivity index (χ2v) is 7.99. The Bertz CT molecular complexity index is 963. The highest BCUT2D eigenvalue weighted by molar-refractivity contribution is 7.92. The van der Waals surface area contributed by atoms with Gasteiger partial charge in [-0.3, -0.25) is 9.10 Å². The van der Waals surface area contributed by atoms with Crippen molar-refractivity contribution < 1.29 is 27.8 Å². The molecule has 1 aliphatic heterocycles. The summed E-state index contributed by atoms with van der Waals surface area (Å²) in [7, 11) is -4.20. The first kappa shape index (κ1) is 18.6. The molecular formula is C16H13Cl2NO6S. The SMILES string of the molecule is O=C(O)CN(c1ccc(Cl)c(Cl)c1)S(=O)(=O)c1ccc2c(c1)OCCO2. The molecule has 0 unspecified atom stereocenters. The Morgan fingerprint density at radius 1 is 1.04 bits per heavy atom. The van der Waals surface area contributed by atoms with Crippen LogP contribution in [-0.4, -0.2) is 39.3 Å². The number of sulfonamides is 1. The fourth-order valence-electron chi connectivity index (χ4n) is 2.39. The van der Waals surface area contributed by atoms with Crippen LogP contribution in [0, 0.1) is 0 Å². The van der Waals surface area contributed by atoms with Gasteiger partial charge in [-0.2, -0.15) is 0 Å². The van der Waals surface area contributed by atoms with Crippen LogP contribution in [0.3, 0.4) is 0 Å². The maximum atomic E-state index is 13.0. The molecule has 7 nitrogen and oxygen atoms in total. The number of carboxylic acids is 1. The molecule has 3 rings (SSSR count). The normalized spacial score (nSPS) is 13.3. The van der Waals surface area contributed by atoms with Gasteiger partial charge in [0.2, 0.25) is 0 Å². The van der Waals surface area contributed by atoms with Gasteiger partial charge in [0.05, 0.1) is 20.6 Å². The standard InChI is InChI=1S/C16H13Cl2NO6S/c17-12-3-1-10(7-13(12)18)19(9-16(20)21)26(22,23)11-2-4-14-15(8-11)25-6-5-24-14/h1-4,7-8H,5-6,9H2,(H,20,21). The molecule has 0 amide bonds. The molecular weight excluding hydrogens is 405 g/mol. The number of halogens is 2. The summed E-state index contributed by atoms with van der Waals surface area (Å²) in [4.78, 5) is 11.1. The van der Waals surface area contributed by atoms with Gasteiger partial charge in [0.15, 0.2) is 11.5 Å². The number of anilines is 1. The van der Waals surface area contributed by atoms with Gasteiger partial charge in [-0.25, -0.2) is 8.42 Å². The lowest BCUT2D eigenvalue weighted by Gasteiger charge is -2.24. The van der Waals surface area contributed by atoms with Crippen molar-refractivity contribution in [2.75, 3.05) is 24.1 Å². The first-order chi connectivity index (χ1) is 12.3. The van der Waals surface area contributed by atoms with E-state index >= 15 is 0 Å². The maximum absolute atomic E-state index is 13.0. The van der Waals surface area contributed by atoms with E-state index in [1.54, 1.807) is 0 Å². The van der Waals surface area contributed by atoms with E-state index in [0.29, 0.717) is 19.0 Å². The van der Waals surface area contributed by atoms with E-state index in [0.717, 1.165) is 4.31 Å². The third kappa shape index (κ3) is 3.67. The Kier molecular flexibility index (Phi) is 5.17. The highest BCUT2D eigenvalue weighted by Gasteiger charge is 2.29. The number of hydrogen-bond acceptors (Lipinski definition) is 5. The highest BCUT2D eigenvalue weighted by atomic mass is 35.5. The minimum absolute atomic E-state index is 0.0803. The monoisotopic (exact) mass is 417 g/mol. The second kappa shape index (κ2) is 7.22. The lowest BCUT2D eigenvalue weighted by atomic mass is 10.3. The van der Waals surface area contributed by atoms with Gasteiger partial charge in [-0.15, -0.1) is 0 Å². The molecule has 0 bridgehead atoms. The summed E-state index contributed by atoms with van der Waals surface area (Å²) in [6.45, 7) is -0.121. The van der Waals surface area contributed by atoms with Crippen LogP contribution in [0.15, 0.2) is 41.3 Å². The summed E-state index contributed by atoms with van der Waals surface area (Å²) in [6, 6.07) is 8.17. The Morgan fingerprint density at radius 2 is 1.73 bits per heavy atom. The highest BCUT2D eigenvalue weighted by Crippen LogP contribution is 2.35. The van der Waals surface area contributed by atoms with Crippen LogP contribution in [0.25, 0.3) is 0 Å². The van der Waals surface area contributed by atoms with Crippen molar-refractivity contribution in [2.45, 2.75) is 4.90 Å². The molecule has 138 valence electrons. The van der Waals surface area contributed by atoms with E-state index in [9.17, 15) is 13.2 Å². The molecule has 0 aromatic heterocycles. The molecule has 2 aromatic carbocycles. The number of carbonyl (C=O) groups is 1. The minimum atomic E-state index is -4.20. The van der Waals surface area contributed by atoms with Gasteiger partial charge < -0.3 is 14.6 Å². The van der Waals surface area contributed by atoms with Crippen LogP contribution >= 0.6 is 23.2 Å². The van der Waals surface area contributed by atoms with E-state index in [1.807, 2.05) is 0 Å². The zero-order valence-electron chi connectivity index (χ0n) is 13.2. The molecule has 2 aromatic rings. The molecule has 0 saturated carbocycles. The van der Waals surface area contributed by atoms with Crippen molar-refractivity contribution in [1.82, 2.24) is 0 Å². The average molecular weight is 418 g/mol. The van der Waals surface area contributed by atoms with Gasteiger partial charge in [-0.05, 0) is 30.3 Å². The van der Waals surface area contributed by atoms with Gasteiger partial charge in [0.25, 0.3) is 10.0 Å². The van der Waals surface area contributed by atoms with Crippen molar-refractivity contribution in [3.63, 3.8) is 0 Å². The van der Waals surface area contributed by atoms with Crippen LogP contribution in [0.2, 0.25) is 10.0 Å². The van der Waals surface area contributed by atoms with Crippen LogP contribution in [-0.2, 0) is 14.8 Å². The number of aliphatic carboxylic acids is 1. The molecule has 1 aliphatic rings. The molecule has 1 heterocycles. The summed E-state index contributed by atoms with van der Waals surface area (Å²) in [5.41, 5.74) is 0.0803. The van der Waals surface area contributed by atoms with Gasteiger partial charge in [0.1, 0.15) is 19.8 Å². The van der Waals surface area contributed by atoms with E-state index in [4.69, 9.17) is 37.8 Å². The van der Waals surface area contributed by atoms with Crippen LogP contribution in [0.4, 0.5) is 5.69 Å². The fraction of sp³-hybridized carbons (Fsp3) is 0.188. The summed E-state index contributed by atoms with van der Waals surface area (Å²) in [5, 5.41) is 9.49. The van der Waals surface area contributed by atoms with E-state index in [2.05, 4.69) is 0 Å². The number of hydrogen-bond donors (Lipinski definition) is 1. The maximum Gasteiger partial charge on any atom is 0.324 e. The van der Waals surface area contributed by atoms with Crippen LogP contribution in [0.1, 0.15) is 0 Å². The number of benzene rings is 2. The lowest BCUT2D eigenvalue weighted by molar-refractivity contribution is -0.135. The number of fused-ring (bicyclic) bond motifs is 1. The number of nitrogens with zero attached hydrogens (tertiary/aromatic N) is 1.